The Morgan fingerprint density at radius 1 is 1.24 bits per heavy atom. The minimum absolute atomic E-state index is 0.143. The third-order valence-electron chi connectivity index (χ3n) is 4.02. The van der Waals surface area contributed by atoms with Crippen molar-refractivity contribution in [3.63, 3.8) is 0 Å². The summed E-state index contributed by atoms with van der Waals surface area (Å²) in [6.07, 6.45) is 6.67. The van der Waals surface area contributed by atoms with Crippen LogP contribution in [0.15, 0.2) is 42.9 Å². The van der Waals surface area contributed by atoms with Crippen molar-refractivity contribution in [1.29, 1.82) is 0 Å². The van der Waals surface area contributed by atoms with Crippen LogP contribution in [-0.2, 0) is 9.59 Å². The van der Waals surface area contributed by atoms with Crippen LogP contribution in [0.2, 0.25) is 0 Å². The zero-order valence-corrected chi connectivity index (χ0v) is 14.0. The quantitative estimate of drug-likeness (QED) is 0.679. The number of rotatable bonds is 4. The van der Waals surface area contributed by atoms with E-state index in [-0.39, 0.29) is 17.8 Å². The number of benzene rings is 1. The second-order valence-electron chi connectivity index (χ2n) is 5.98. The predicted octanol–water partition coefficient (Wildman–Crippen LogP) is 2.26. The zero-order chi connectivity index (χ0) is 17.6. The van der Waals surface area contributed by atoms with Crippen LogP contribution in [0.1, 0.15) is 19.8 Å². The lowest BCUT2D eigenvalue weighted by molar-refractivity contribution is -0.139. The van der Waals surface area contributed by atoms with E-state index in [4.69, 9.17) is 4.74 Å². The molecule has 1 aliphatic heterocycles. The average Bonchev–Trinajstić information content (AvgIpc) is 2.64. The fraction of sp³-hybridized carbons (Fsp3) is 0.333. The fourth-order valence-electron chi connectivity index (χ4n) is 2.84. The van der Waals surface area contributed by atoms with Gasteiger partial charge in [0, 0.05) is 38.1 Å². The van der Waals surface area contributed by atoms with Gasteiger partial charge >= 0.3 is 5.97 Å². The standard InChI is InChI=1S/C18H20N4O3/c1-13(23)21-15-4-6-16(7-5-15)25-18(24)14-3-2-10-22(12-14)17-11-19-8-9-20-17/h4-9,11,14H,2-3,10,12H2,1H3,(H,21,23). The van der Waals surface area contributed by atoms with Gasteiger partial charge in [0.1, 0.15) is 11.6 Å². The van der Waals surface area contributed by atoms with Crippen molar-refractivity contribution in [1.82, 2.24) is 9.97 Å². The molecule has 7 nitrogen and oxygen atoms in total. The van der Waals surface area contributed by atoms with Gasteiger partial charge in [-0.3, -0.25) is 14.6 Å². The molecule has 1 amide bonds. The Balaban J connectivity index is 1.60. The highest BCUT2D eigenvalue weighted by Crippen LogP contribution is 2.23. The van der Waals surface area contributed by atoms with Gasteiger partial charge in [0.2, 0.25) is 5.91 Å². The van der Waals surface area contributed by atoms with Crippen LogP contribution in [0.5, 0.6) is 5.75 Å². The van der Waals surface area contributed by atoms with Gasteiger partial charge in [-0.2, -0.15) is 0 Å². The second kappa shape index (κ2) is 7.74. The molecule has 0 aliphatic carbocycles. The first-order chi connectivity index (χ1) is 12.1. The first-order valence-electron chi connectivity index (χ1n) is 8.22. The molecule has 0 radical (unpaired) electrons. The van der Waals surface area contributed by atoms with Gasteiger partial charge in [-0.1, -0.05) is 0 Å². The number of nitrogens with zero attached hydrogens (tertiary/aromatic N) is 3. The fourth-order valence-corrected chi connectivity index (χ4v) is 2.84. The number of amides is 1. The number of ether oxygens (including phenoxy) is 1. The van der Waals surface area contributed by atoms with Crippen LogP contribution in [0.25, 0.3) is 0 Å². The van der Waals surface area contributed by atoms with Crippen molar-refractivity contribution in [2.24, 2.45) is 5.92 Å². The topological polar surface area (TPSA) is 84.4 Å². The summed E-state index contributed by atoms with van der Waals surface area (Å²) >= 11 is 0. The molecule has 0 saturated carbocycles. The summed E-state index contributed by atoms with van der Waals surface area (Å²) in [5.74, 6) is 0.651. The maximum absolute atomic E-state index is 12.5. The second-order valence-corrected chi connectivity index (χ2v) is 5.98. The number of anilines is 2. The highest BCUT2D eigenvalue weighted by molar-refractivity contribution is 5.88. The lowest BCUT2D eigenvalue weighted by atomic mass is 9.98. The van der Waals surface area contributed by atoms with Crippen LogP contribution in [0.4, 0.5) is 11.5 Å². The van der Waals surface area contributed by atoms with Crippen molar-refractivity contribution >= 4 is 23.4 Å². The van der Waals surface area contributed by atoms with Gasteiger partial charge in [0.25, 0.3) is 0 Å². The van der Waals surface area contributed by atoms with Crippen molar-refractivity contribution in [2.45, 2.75) is 19.8 Å². The van der Waals surface area contributed by atoms with Crippen LogP contribution in [0.3, 0.4) is 0 Å². The smallest absolute Gasteiger partial charge is 0.316 e. The van der Waals surface area contributed by atoms with Gasteiger partial charge in [-0.25, -0.2) is 4.98 Å². The lowest BCUT2D eigenvalue weighted by Gasteiger charge is -2.32. The summed E-state index contributed by atoms with van der Waals surface area (Å²) in [5, 5.41) is 2.67. The molecule has 1 N–H and O–H groups in total. The molecule has 1 aromatic heterocycles. The van der Waals surface area contributed by atoms with Gasteiger partial charge in [-0.15, -0.1) is 0 Å². The molecule has 2 aromatic rings. The van der Waals surface area contributed by atoms with Crippen molar-refractivity contribution < 1.29 is 14.3 Å². The predicted molar refractivity (Wildman–Crippen MR) is 93.3 cm³/mol. The van der Waals surface area contributed by atoms with E-state index in [1.54, 1.807) is 42.9 Å². The van der Waals surface area contributed by atoms with E-state index in [2.05, 4.69) is 20.2 Å². The lowest BCUT2D eigenvalue weighted by Crippen LogP contribution is -2.40. The van der Waals surface area contributed by atoms with Crippen molar-refractivity contribution in [3.8, 4) is 5.75 Å². The summed E-state index contributed by atoms with van der Waals surface area (Å²) < 4.78 is 5.48. The Morgan fingerprint density at radius 3 is 2.72 bits per heavy atom. The minimum atomic E-state index is -0.249. The minimum Gasteiger partial charge on any atom is -0.426 e. The molecular weight excluding hydrogens is 320 g/mol. The summed E-state index contributed by atoms with van der Waals surface area (Å²) in [7, 11) is 0. The molecule has 0 spiro atoms. The Kier molecular flexibility index (Phi) is 5.23. The number of aromatic nitrogens is 2. The molecule has 1 unspecified atom stereocenters. The zero-order valence-electron chi connectivity index (χ0n) is 14.0. The number of hydrogen-bond donors (Lipinski definition) is 1. The Labute approximate surface area is 146 Å². The van der Waals surface area contributed by atoms with Gasteiger partial charge in [-0.05, 0) is 37.1 Å². The van der Waals surface area contributed by atoms with Gasteiger partial charge in [0.05, 0.1) is 12.1 Å². The highest BCUT2D eigenvalue weighted by Gasteiger charge is 2.28. The number of carbonyl (C=O) groups is 2. The molecule has 3 rings (SSSR count). The van der Waals surface area contributed by atoms with E-state index >= 15 is 0 Å². The number of piperidine rings is 1. The third-order valence-corrected chi connectivity index (χ3v) is 4.02. The number of hydrogen-bond acceptors (Lipinski definition) is 6. The molecular formula is C18H20N4O3. The van der Waals surface area contributed by atoms with Crippen LogP contribution in [-0.4, -0.2) is 34.9 Å². The van der Waals surface area contributed by atoms with E-state index in [1.165, 1.54) is 6.92 Å². The first-order valence-corrected chi connectivity index (χ1v) is 8.22. The molecule has 1 saturated heterocycles. The van der Waals surface area contributed by atoms with Crippen LogP contribution < -0.4 is 15.0 Å². The largest absolute Gasteiger partial charge is 0.426 e. The van der Waals surface area contributed by atoms with Crippen LogP contribution >= 0.6 is 0 Å². The van der Waals surface area contributed by atoms with Crippen LogP contribution in [0, 0.1) is 5.92 Å². The monoisotopic (exact) mass is 340 g/mol. The molecule has 130 valence electrons. The van der Waals surface area contributed by atoms with Crippen molar-refractivity contribution in [3.05, 3.63) is 42.9 Å². The number of carbonyl (C=O) groups excluding carboxylic acids is 2. The summed E-state index contributed by atoms with van der Waals surface area (Å²) in [6.45, 7) is 2.87. The third kappa shape index (κ3) is 4.53. The number of esters is 1. The summed E-state index contributed by atoms with van der Waals surface area (Å²) in [6, 6.07) is 6.76. The Hall–Kier alpha value is -2.96. The average molecular weight is 340 g/mol. The molecule has 0 bridgehead atoms. The molecule has 7 heteroatoms. The van der Waals surface area contributed by atoms with E-state index in [9.17, 15) is 9.59 Å². The molecule has 1 fully saturated rings. The van der Waals surface area contributed by atoms with Gasteiger partial charge in [0.15, 0.2) is 0 Å². The SMILES string of the molecule is CC(=O)Nc1ccc(OC(=O)C2CCCN(c3cnccn3)C2)cc1. The van der Waals surface area contributed by atoms with E-state index in [0.717, 1.165) is 25.2 Å². The molecule has 2 heterocycles. The maximum atomic E-state index is 12.5. The Bertz CT molecular complexity index is 734. The normalized spacial score (nSPS) is 17.0. The highest BCUT2D eigenvalue weighted by atomic mass is 16.5. The van der Waals surface area contributed by atoms with Crippen molar-refractivity contribution in [2.75, 3.05) is 23.3 Å². The Morgan fingerprint density at radius 2 is 2.04 bits per heavy atom. The van der Waals surface area contributed by atoms with E-state index in [0.29, 0.717) is 18.0 Å². The maximum Gasteiger partial charge on any atom is 0.316 e. The summed E-state index contributed by atoms with van der Waals surface area (Å²) in [4.78, 5) is 33.9. The summed E-state index contributed by atoms with van der Waals surface area (Å²) in [5.41, 5.74) is 0.666. The van der Waals surface area contributed by atoms with Gasteiger partial charge < -0.3 is 15.0 Å². The van der Waals surface area contributed by atoms with E-state index in [1.807, 2.05) is 0 Å². The molecule has 1 aromatic carbocycles. The number of nitrogens with one attached hydrogen (secondary N) is 1. The molecule has 1 aliphatic rings. The first kappa shape index (κ1) is 16.9. The van der Waals surface area contributed by atoms with E-state index < -0.39 is 0 Å². The molecule has 25 heavy (non-hydrogen) atoms. The molecule has 1 atom stereocenters.